The van der Waals surface area contributed by atoms with E-state index in [1.54, 1.807) is 0 Å². The molecule has 0 spiro atoms. The summed E-state index contributed by atoms with van der Waals surface area (Å²) < 4.78 is 0. The number of aromatic nitrogens is 1. The molecule has 1 unspecified atom stereocenters. The van der Waals surface area contributed by atoms with E-state index >= 15 is 0 Å². The molecular weight excluding hydrogens is 703 g/mol. The second kappa shape index (κ2) is 14.1. The van der Waals surface area contributed by atoms with Gasteiger partial charge in [0.1, 0.15) is 5.84 Å². The lowest BCUT2D eigenvalue weighted by Gasteiger charge is -2.24. The van der Waals surface area contributed by atoms with Gasteiger partial charge in [-0.1, -0.05) is 182 Å². The van der Waals surface area contributed by atoms with Crippen LogP contribution >= 0.6 is 0 Å². The van der Waals surface area contributed by atoms with E-state index < -0.39 is 0 Å². The molecule has 1 aliphatic rings. The molecule has 3 heteroatoms. The van der Waals surface area contributed by atoms with Crippen molar-refractivity contribution in [3.8, 4) is 33.5 Å². The summed E-state index contributed by atoms with van der Waals surface area (Å²) in [6.45, 7) is 0. The van der Waals surface area contributed by atoms with Crippen LogP contribution in [0.4, 0.5) is 0 Å². The Hall–Kier alpha value is -7.62. The molecule has 0 radical (unpaired) electrons. The quantitative estimate of drug-likeness (QED) is 0.172. The molecule has 0 amide bonds. The number of nitrogens with one attached hydrogen (secondary N) is 1. The van der Waals surface area contributed by atoms with E-state index in [9.17, 15) is 0 Å². The first-order valence-corrected chi connectivity index (χ1v) is 19.8. The van der Waals surface area contributed by atoms with Crippen molar-refractivity contribution < 1.29 is 0 Å². The number of nitrogens with zero attached hydrogens (tertiary/aromatic N) is 2. The van der Waals surface area contributed by atoms with Crippen molar-refractivity contribution in [1.29, 1.82) is 0 Å². The van der Waals surface area contributed by atoms with Gasteiger partial charge in [-0.05, 0) is 90.7 Å². The second-order valence-electron chi connectivity index (χ2n) is 15.0. The van der Waals surface area contributed by atoms with Crippen molar-refractivity contribution in [2.24, 2.45) is 4.99 Å². The number of hydrogen-bond acceptors (Lipinski definition) is 3. The molecule has 1 aromatic heterocycles. The van der Waals surface area contributed by atoms with Crippen molar-refractivity contribution in [2.45, 2.75) is 6.04 Å². The summed E-state index contributed by atoms with van der Waals surface area (Å²) in [5.74, 6) is 0.845. The summed E-state index contributed by atoms with van der Waals surface area (Å²) in [4.78, 5) is 10.7. The zero-order valence-electron chi connectivity index (χ0n) is 31.7. The summed E-state index contributed by atoms with van der Waals surface area (Å²) in [5.41, 5.74) is 11.9. The van der Waals surface area contributed by atoms with Crippen LogP contribution in [0, 0.1) is 0 Å². The first kappa shape index (κ1) is 33.7. The highest BCUT2D eigenvalue weighted by Crippen LogP contribution is 2.41. The van der Waals surface area contributed by atoms with Crippen LogP contribution in [0.5, 0.6) is 0 Å². The van der Waals surface area contributed by atoms with Gasteiger partial charge in [0.25, 0.3) is 0 Å². The van der Waals surface area contributed by atoms with E-state index in [2.05, 4.69) is 212 Å². The van der Waals surface area contributed by atoms with Crippen molar-refractivity contribution in [3.63, 3.8) is 0 Å². The molecule has 0 fully saturated rings. The van der Waals surface area contributed by atoms with Gasteiger partial charge in [0, 0.05) is 21.9 Å². The van der Waals surface area contributed by atoms with E-state index in [1.807, 2.05) is 6.07 Å². The molecule has 0 aliphatic carbocycles. The lowest BCUT2D eigenvalue weighted by molar-refractivity contribution is 0.781. The second-order valence-corrected chi connectivity index (χ2v) is 15.0. The summed E-state index contributed by atoms with van der Waals surface area (Å²) in [6.07, 6.45) is 2.21. The number of benzene rings is 9. The molecule has 3 nitrogen and oxygen atoms in total. The molecule has 0 saturated carbocycles. The molecule has 0 saturated heterocycles. The minimum Gasteiger partial charge on any atom is -0.359 e. The summed E-state index contributed by atoms with van der Waals surface area (Å²) >= 11 is 0. The average molecular weight is 740 g/mol. The standard InChI is InChI=1S/C55H37N3/c1-3-15-38(16-4-1)52-35-53(39-17-5-2-6-18-39)58-55(57-52)41-27-25-40(26-28-41)51-34-49(45-30-24-37-14-8-10-20-43(37)32-45)50-33-48(46-21-11-12-22-47(46)54(50)56-51)44-29-23-36-13-7-9-19-42(36)31-44/h1-35,52H,(H,57,58). The maximum atomic E-state index is 5.50. The Morgan fingerprint density at radius 3 is 1.59 bits per heavy atom. The Kier molecular flexibility index (Phi) is 8.22. The molecule has 0 bridgehead atoms. The number of fused-ring (bicyclic) bond motifs is 5. The van der Waals surface area contributed by atoms with Crippen LogP contribution in [0.1, 0.15) is 22.7 Å². The first-order valence-electron chi connectivity index (χ1n) is 19.8. The largest absolute Gasteiger partial charge is 0.359 e. The van der Waals surface area contributed by atoms with Crippen molar-refractivity contribution in [1.82, 2.24) is 10.3 Å². The van der Waals surface area contributed by atoms with Gasteiger partial charge in [0.2, 0.25) is 0 Å². The average Bonchev–Trinajstić information content (AvgIpc) is 3.31. The minimum absolute atomic E-state index is 0.0111. The van der Waals surface area contributed by atoms with E-state index in [0.717, 1.165) is 61.3 Å². The fourth-order valence-electron chi connectivity index (χ4n) is 8.49. The summed E-state index contributed by atoms with van der Waals surface area (Å²) in [5, 5.41) is 12.1. The molecule has 272 valence electrons. The topological polar surface area (TPSA) is 37.3 Å². The number of hydrogen-bond donors (Lipinski definition) is 1. The zero-order valence-corrected chi connectivity index (χ0v) is 31.7. The highest BCUT2D eigenvalue weighted by Gasteiger charge is 2.21. The van der Waals surface area contributed by atoms with Crippen LogP contribution < -0.4 is 5.32 Å². The van der Waals surface area contributed by atoms with E-state index in [0.29, 0.717) is 0 Å². The molecule has 58 heavy (non-hydrogen) atoms. The van der Waals surface area contributed by atoms with Crippen LogP contribution in [0.2, 0.25) is 0 Å². The predicted molar refractivity (Wildman–Crippen MR) is 244 cm³/mol. The van der Waals surface area contributed by atoms with Crippen LogP contribution in [-0.2, 0) is 0 Å². The Morgan fingerprint density at radius 2 is 0.914 bits per heavy atom. The van der Waals surface area contributed by atoms with Gasteiger partial charge < -0.3 is 5.32 Å². The SMILES string of the molecule is C1=C(c2ccccc2)N=C(c2ccc(-c3cc(-c4ccc5ccccc5c4)c4cc(-c5ccc6ccccc6c5)c5ccccc5c4n3)cc2)NC1c1ccccc1. The fourth-order valence-corrected chi connectivity index (χ4v) is 8.49. The third-order valence-electron chi connectivity index (χ3n) is 11.5. The van der Waals surface area contributed by atoms with Crippen LogP contribution in [-0.4, -0.2) is 10.8 Å². The Balaban J connectivity index is 1.07. The maximum absolute atomic E-state index is 5.50. The molecule has 11 rings (SSSR count). The van der Waals surface area contributed by atoms with Gasteiger partial charge in [-0.15, -0.1) is 0 Å². The molecule has 2 heterocycles. The maximum Gasteiger partial charge on any atom is 0.134 e. The molecule has 1 atom stereocenters. The molecule has 9 aromatic carbocycles. The van der Waals surface area contributed by atoms with Crippen LogP contribution in [0.15, 0.2) is 217 Å². The molecule has 1 N–H and O–H groups in total. The number of amidine groups is 1. The summed E-state index contributed by atoms with van der Waals surface area (Å²) in [6, 6.07) is 73.8. The van der Waals surface area contributed by atoms with Gasteiger partial charge >= 0.3 is 0 Å². The predicted octanol–water partition coefficient (Wildman–Crippen LogP) is 13.8. The van der Waals surface area contributed by atoms with Gasteiger partial charge in [0.05, 0.1) is 22.9 Å². The van der Waals surface area contributed by atoms with E-state index in [-0.39, 0.29) is 6.04 Å². The Bertz CT molecular complexity index is 3240. The molecular formula is C55H37N3. The normalized spacial score (nSPS) is 14.0. The molecule has 10 aromatic rings. The summed E-state index contributed by atoms with van der Waals surface area (Å²) in [7, 11) is 0. The van der Waals surface area contributed by atoms with Gasteiger partial charge in [0.15, 0.2) is 0 Å². The first-order chi connectivity index (χ1) is 28.7. The fraction of sp³-hybridized carbons (Fsp3) is 0.0182. The van der Waals surface area contributed by atoms with Gasteiger partial charge in [-0.25, -0.2) is 9.98 Å². The van der Waals surface area contributed by atoms with Crippen molar-refractivity contribution in [2.75, 3.05) is 0 Å². The third-order valence-corrected chi connectivity index (χ3v) is 11.5. The van der Waals surface area contributed by atoms with Crippen LogP contribution in [0.25, 0.3) is 82.4 Å². The minimum atomic E-state index is -0.0111. The Labute approximate surface area is 337 Å². The third kappa shape index (κ3) is 6.10. The lowest BCUT2D eigenvalue weighted by Crippen LogP contribution is -2.31. The van der Waals surface area contributed by atoms with Crippen molar-refractivity contribution in [3.05, 3.63) is 229 Å². The number of aliphatic imine (C=N–C) groups is 1. The van der Waals surface area contributed by atoms with Crippen molar-refractivity contribution >= 4 is 54.8 Å². The van der Waals surface area contributed by atoms with E-state index in [1.165, 1.54) is 43.6 Å². The zero-order chi connectivity index (χ0) is 38.4. The smallest absolute Gasteiger partial charge is 0.134 e. The highest BCUT2D eigenvalue weighted by molar-refractivity contribution is 6.17. The van der Waals surface area contributed by atoms with Crippen LogP contribution in [0.3, 0.4) is 0 Å². The monoisotopic (exact) mass is 739 g/mol. The van der Waals surface area contributed by atoms with E-state index in [4.69, 9.17) is 9.98 Å². The highest BCUT2D eigenvalue weighted by atomic mass is 15.0. The molecule has 1 aliphatic heterocycles. The lowest BCUT2D eigenvalue weighted by atomic mass is 9.90. The van der Waals surface area contributed by atoms with Gasteiger partial charge in [-0.2, -0.15) is 0 Å². The Morgan fingerprint density at radius 1 is 0.379 bits per heavy atom. The van der Waals surface area contributed by atoms with Gasteiger partial charge in [-0.3, -0.25) is 0 Å². The number of pyridine rings is 1. The number of rotatable bonds is 6.